The number of ether oxygens (including phenoxy) is 2. The second kappa shape index (κ2) is 6.84. The fourth-order valence-corrected chi connectivity index (χ4v) is 2.89. The van der Waals surface area contributed by atoms with Crippen molar-refractivity contribution in [2.75, 3.05) is 25.1 Å². The maximum Gasteiger partial charge on any atom is 0.232 e. The number of nitrogens with one attached hydrogen (secondary N) is 1. The van der Waals surface area contributed by atoms with Crippen LogP contribution < -0.4 is 15.8 Å². The molecule has 1 aliphatic heterocycles. The van der Waals surface area contributed by atoms with Gasteiger partial charge in [0.15, 0.2) is 11.6 Å². The third-order valence-electron chi connectivity index (χ3n) is 4.86. The van der Waals surface area contributed by atoms with Crippen molar-refractivity contribution in [3.05, 3.63) is 24.0 Å². The fourth-order valence-electron chi connectivity index (χ4n) is 2.89. The van der Waals surface area contributed by atoms with Crippen LogP contribution in [0.1, 0.15) is 32.1 Å². The summed E-state index contributed by atoms with van der Waals surface area (Å²) in [4.78, 5) is 12.5. The normalized spacial score (nSPS) is 20.6. The van der Waals surface area contributed by atoms with E-state index in [-0.39, 0.29) is 24.3 Å². The Hall–Kier alpha value is -1.66. The molecule has 1 aromatic rings. The zero-order chi connectivity index (χ0) is 16.3. The SMILES string of the molecule is NCC1(C(=O)Nc2ccc(OC3CCC3)c(F)c2)CCOCC1. The Morgan fingerprint density at radius 2 is 2.13 bits per heavy atom. The minimum Gasteiger partial charge on any atom is -0.487 e. The second-order valence-electron chi connectivity index (χ2n) is 6.37. The molecule has 3 rings (SSSR count). The molecule has 0 spiro atoms. The van der Waals surface area contributed by atoms with E-state index in [0.29, 0.717) is 31.7 Å². The summed E-state index contributed by atoms with van der Waals surface area (Å²) in [6, 6.07) is 4.54. The van der Waals surface area contributed by atoms with Gasteiger partial charge in [-0.1, -0.05) is 0 Å². The number of hydrogen-bond donors (Lipinski definition) is 2. The van der Waals surface area contributed by atoms with Gasteiger partial charge in [-0.2, -0.15) is 0 Å². The van der Waals surface area contributed by atoms with Crippen LogP contribution >= 0.6 is 0 Å². The quantitative estimate of drug-likeness (QED) is 0.873. The fraction of sp³-hybridized carbons (Fsp3) is 0.588. The van der Waals surface area contributed by atoms with Gasteiger partial charge in [0.1, 0.15) is 0 Å². The first kappa shape index (κ1) is 16.2. The highest BCUT2D eigenvalue weighted by Gasteiger charge is 2.38. The van der Waals surface area contributed by atoms with Crippen molar-refractivity contribution >= 4 is 11.6 Å². The Kier molecular flexibility index (Phi) is 4.82. The minimum absolute atomic E-state index is 0.118. The highest BCUT2D eigenvalue weighted by Crippen LogP contribution is 2.32. The molecule has 0 aromatic heterocycles. The van der Waals surface area contributed by atoms with Gasteiger partial charge in [0.2, 0.25) is 5.91 Å². The molecule has 6 heteroatoms. The summed E-state index contributed by atoms with van der Waals surface area (Å²) in [5, 5.41) is 2.78. The number of benzene rings is 1. The Labute approximate surface area is 135 Å². The number of carbonyl (C=O) groups is 1. The lowest BCUT2D eigenvalue weighted by molar-refractivity contribution is -0.130. The molecule has 0 unspecified atom stereocenters. The van der Waals surface area contributed by atoms with E-state index < -0.39 is 11.2 Å². The minimum atomic E-state index is -0.629. The predicted octanol–water partition coefficient (Wildman–Crippen LogP) is 2.45. The summed E-state index contributed by atoms with van der Waals surface area (Å²) in [6.45, 7) is 1.30. The van der Waals surface area contributed by atoms with Crippen molar-refractivity contribution in [1.82, 2.24) is 0 Å². The number of hydrogen-bond acceptors (Lipinski definition) is 4. The highest BCUT2D eigenvalue weighted by molar-refractivity contribution is 5.95. The topological polar surface area (TPSA) is 73.6 Å². The van der Waals surface area contributed by atoms with E-state index in [1.165, 1.54) is 6.07 Å². The van der Waals surface area contributed by atoms with Crippen molar-refractivity contribution in [2.45, 2.75) is 38.2 Å². The average molecular weight is 322 g/mol. The summed E-state index contributed by atoms with van der Waals surface area (Å²) in [5.41, 5.74) is 5.61. The lowest BCUT2D eigenvalue weighted by Gasteiger charge is -2.34. The van der Waals surface area contributed by atoms with E-state index in [2.05, 4.69) is 5.32 Å². The Balaban J connectivity index is 1.66. The van der Waals surface area contributed by atoms with Crippen molar-refractivity contribution in [3.63, 3.8) is 0 Å². The number of amides is 1. The van der Waals surface area contributed by atoms with Gasteiger partial charge < -0.3 is 20.5 Å². The maximum absolute atomic E-state index is 14.1. The van der Waals surface area contributed by atoms with Crippen molar-refractivity contribution < 1.29 is 18.7 Å². The van der Waals surface area contributed by atoms with E-state index in [0.717, 1.165) is 19.3 Å². The molecule has 1 heterocycles. The van der Waals surface area contributed by atoms with E-state index in [1.807, 2.05) is 0 Å². The van der Waals surface area contributed by atoms with Crippen molar-refractivity contribution in [2.24, 2.45) is 11.1 Å². The Bertz CT molecular complexity index is 569. The van der Waals surface area contributed by atoms with E-state index in [4.69, 9.17) is 15.2 Å². The van der Waals surface area contributed by atoms with Crippen LogP contribution in [0.4, 0.5) is 10.1 Å². The molecule has 5 nitrogen and oxygen atoms in total. The number of nitrogens with two attached hydrogens (primary N) is 1. The van der Waals surface area contributed by atoms with Crippen molar-refractivity contribution in [1.29, 1.82) is 0 Å². The third kappa shape index (κ3) is 3.48. The number of anilines is 1. The predicted molar refractivity (Wildman–Crippen MR) is 84.8 cm³/mol. The lowest BCUT2D eigenvalue weighted by Crippen LogP contribution is -2.46. The molecule has 0 bridgehead atoms. The van der Waals surface area contributed by atoms with Gasteiger partial charge in [0.25, 0.3) is 0 Å². The molecule has 2 aliphatic rings. The molecule has 1 aromatic carbocycles. The number of halogens is 1. The molecular formula is C17H23FN2O3. The van der Waals surface area contributed by atoms with Gasteiger partial charge in [-0.05, 0) is 44.2 Å². The van der Waals surface area contributed by atoms with Crippen LogP contribution in [-0.4, -0.2) is 31.8 Å². The molecule has 23 heavy (non-hydrogen) atoms. The van der Waals surface area contributed by atoms with E-state index in [1.54, 1.807) is 12.1 Å². The largest absolute Gasteiger partial charge is 0.487 e. The van der Waals surface area contributed by atoms with E-state index >= 15 is 0 Å². The van der Waals surface area contributed by atoms with Gasteiger partial charge >= 0.3 is 0 Å². The first-order valence-electron chi connectivity index (χ1n) is 8.18. The average Bonchev–Trinajstić information content (AvgIpc) is 2.53. The second-order valence-corrected chi connectivity index (χ2v) is 6.37. The molecule has 1 amide bonds. The van der Waals surface area contributed by atoms with Gasteiger partial charge in [0.05, 0.1) is 11.5 Å². The van der Waals surface area contributed by atoms with Crippen LogP contribution in [-0.2, 0) is 9.53 Å². The molecule has 0 atom stereocenters. The number of carbonyl (C=O) groups excluding carboxylic acids is 1. The molecular weight excluding hydrogens is 299 g/mol. The first-order chi connectivity index (χ1) is 11.1. The first-order valence-corrected chi connectivity index (χ1v) is 8.18. The van der Waals surface area contributed by atoms with Gasteiger partial charge in [-0.15, -0.1) is 0 Å². The van der Waals surface area contributed by atoms with Crippen LogP contribution in [0.25, 0.3) is 0 Å². The van der Waals surface area contributed by atoms with E-state index in [9.17, 15) is 9.18 Å². The van der Waals surface area contributed by atoms with Gasteiger partial charge in [-0.25, -0.2) is 4.39 Å². The molecule has 1 saturated carbocycles. The monoisotopic (exact) mass is 322 g/mol. The zero-order valence-corrected chi connectivity index (χ0v) is 13.1. The van der Waals surface area contributed by atoms with Crippen LogP contribution in [0.2, 0.25) is 0 Å². The molecule has 2 fully saturated rings. The van der Waals surface area contributed by atoms with Crippen LogP contribution in [0.15, 0.2) is 18.2 Å². The van der Waals surface area contributed by atoms with Crippen LogP contribution in [0.3, 0.4) is 0 Å². The van der Waals surface area contributed by atoms with Crippen LogP contribution in [0.5, 0.6) is 5.75 Å². The zero-order valence-electron chi connectivity index (χ0n) is 13.1. The molecule has 3 N–H and O–H groups in total. The summed E-state index contributed by atoms with van der Waals surface area (Å²) in [6.07, 6.45) is 4.36. The summed E-state index contributed by atoms with van der Waals surface area (Å²) < 4.78 is 25.0. The third-order valence-corrected chi connectivity index (χ3v) is 4.86. The van der Waals surface area contributed by atoms with Crippen molar-refractivity contribution in [3.8, 4) is 5.75 Å². The molecule has 1 saturated heterocycles. The smallest absolute Gasteiger partial charge is 0.232 e. The molecule has 126 valence electrons. The maximum atomic E-state index is 14.1. The van der Waals surface area contributed by atoms with Gasteiger partial charge in [0, 0.05) is 31.5 Å². The Morgan fingerprint density at radius 3 is 2.70 bits per heavy atom. The van der Waals surface area contributed by atoms with Crippen LogP contribution in [0, 0.1) is 11.2 Å². The standard InChI is InChI=1S/C17H23FN2O3/c18-14-10-12(4-5-15(14)23-13-2-1-3-13)20-16(21)17(11-19)6-8-22-9-7-17/h4-5,10,13H,1-3,6-9,11,19H2,(H,20,21). The molecule has 1 aliphatic carbocycles. The summed E-state index contributed by atoms with van der Waals surface area (Å²) >= 11 is 0. The highest BCUT2D eigenvalue weighted by atomic mass is 19.1. The molecule has 0 radical (unpaired) electrons. The summed E-state index contributed by atoms with van der Waals surface area (Å²) in [7, 11) is 0. The lowest BCUT2D eigenvalue weighted by atomic mass is 9.79. The summed E-state index contributed by atoms with van der Waals surface area (Å²) in [5.74, 6) is -0.383. The number of rotatable bonds is 5. The Morgan fingerprint density at radius 1 is 1.39 bits per heavy atom. The van der Waals surface area contributed by atoms with Gasteiger partial charge in [-0.3, -0.25) is 4.79 Å².